The van der Waals surface area contributed by atoms with Crippen LogP contribution in [0.25, 0.3) is 0 Å². The van der Waals surface area contributed by atoms with E-state index in [1.165, 1.54) is 6.92 Å². The highest BCUT2D eigenvalue weighted by Crippen LogP contribution is 2.19. The minimum absolute atomic E-state index is 0.00410. The Morgan fingerprint density at radius 2 is 2.12 bits per heavy atom. The summed E-state index contributed by atoms with van der Waals surface area (Å²) in [5.74, 6) is -3.42. The summed E-state index contributed by atoms with van der Waals surface area (Å²) in [5, 5.41) is -1.93. The monoisotopic (exact) mass is 266 g/mol. The summed E-state index contributed by atoms with van der Waals surface area (Å²) in [6, 6.07) is -1.08. The van der Waals surface area contributed by atoms with E-state index in [9.17, 15) is 22.8 Å². The van der Waals surface area contributed by atoms with Gasteiger partial charge in [-0.15, -0.1) is 5.06 Å². The van der Waals surface area contributed by atoms with Crippen molar-refractivity contribution in [2.75, 3.05) is 0 Å². The SMILES string of the molecule is C[C@H](N)C(=O)ON1C(=O)CC(S(=O)(=O)O)C1=O. The minimum Gasteiger partial charge on any atom is -0.329 e. The Kier molecular flexibility index (Phi) is 3.50. The van der Waals surface area contributed by atoms with Crippen LogP contribution in [0.1, 0.15) is 13.3 Å². The van der Waals surface area contributed by atoms with Crippen molar-refractivity contribution in [1.29, 1.82) is 0 Å². The van der Waals surface area contributed by atoms with Gasteiger partial charge in [-0.25, -0.2) is 4.79 Å². The first-order valence-electron chi connectivity index (χ1n) is 4.45. The zero-order valence-corrected chi connectivity index (χ0v) is 9.51. The van der Waals surface area contributed by atoms with Gasteiger partial charge >= 0.3 is 5.97 Å². The number of nitrogens with zero attached hydrogens (tertiary/aromatic N) is 1. The molecule has 0 aromatic rings. The van der Waals surface area contributed by atoms with Gasteiger partial charge in [0.2, 0.25) is 0 Å². The van der Waals surface area contributed by atoms with Gasteiger partial charge in [-0.2, -0.15) is 8.42 Å². The summed E-state index contributed by atoms with van der Waals surface area (Å²) in [7, 11) is -4.71. The summed E-state index contributed by atoms with van der Waals surface area (Å²) in [4.78, 5) is 37.9. The van der Waals surface area contributed by atoms with Gasteiger partial charge in [-0.3, -0.25) is 14.1 Å². The molecule has 1 aliphatic rings. The van der Waals surface area contributed by atoms with E-state index in [1.807, 2.05) is 0 Å². The standard InChI is InChI=1S/C7H10N2O7S/c1-3(8)7(12)16-9-5(10)2-4(6(9)11)17(13,14)15/h3-4H,2,8H2,1H3,(H,13,14,15)/t3-,4?/m0/s1. The number of carbonyl (C=O) groups excluding carboxylic acids is 3. The molecule has 2 amide bonds. The van der Waals surface area contributed by atoms with E-state index in [0.29, 0.717) is 0 Å². The van der Waals surface area contributed by atoms with Crippen molar-refractivity contribution in [2.45, 2.75) is 24.6 Å². The predicted molar refractivity (Wildman–Crippen MR) is 51.5 cm³/mol. The third-order valence-corrected chi connectivity index (χ3v) is 3.06. The normalized spacial score (nSPS) is 22.8. The van der Waals surface area contributed by atoms with Crippen molar-refractivity contribution in [3.05, 3.63) is 0 Å². The Balaban J connectivity index is 2.87. The van der Waals surface area contributed by atoms with E-state index < -0.39 is 45.6 Å². The van der Waals surface area contributed by atoms with Gasteiger partial charge in [-0.05, 0) is 6.92 Å². The lowest BCUT2D eigenvalue weighted by atomic mass is 10.4. The number of imide groups is 1. The fourth-order valence-corrected chi connectivity index (χ4v) is 1.79. The molecule has 17 heavy (non-hydrogen) atoms. The number of carbonyl (C=O) groups is 3. The van der Waals surface area contributed by atoms with Crippen LogP contribution in [0.3, 0.4) is 0 Å². The van der Waals surface area contributed by atoms with Crippen molar-refractivity contribution in [3.8, 4) is 0 Å². The first-order chi connectivity index (χ1) is 7.64. The second-order valence-corrected chi connectivity index (χ2v) is 5.03. The predicted octanol–water partition coefficient (Wildman–Crippen LogP) is -2.19. The molecule has 1 fully saturated rings. The Labute approximate surface area is 96.2 Å². The van der Waals surface area contributed by atoms with Crippen molar-refractivity contribution in [2.24, 2.45) is 5.73 Å². The van der Waals surface area contributed by atoms with E-state index >= 15 is 0 Å². The number of rotatable bonds is 3. The van der Waals surface area contributed by atoms with Gasteiger partial charge < -0.3 is 10.6 Å². The van der Waals surface area contributed by atoms with Crippen LogP contribution in [0, 0.1) is 0 Å². The quantitative estimate of drug-likeness (QED) is 0.432. The topological polar surface area (TPSA) is 144 Å². The lowest BCUT2D eigenvalue weighted by Crippen LogP contribution is -2.40. The molecule has 1 rings (SSSR count). The van der Waals surface area contributed by atoms with Gasteiger partial charge in [0.25, 0.3) is 21.9 Å². The zero-order valence-electron chi connectivity index (χ0n) is 8.69. The number of hydrogen-bond acceptors (Lipinski definition) is 7. The Morgan fingerprint density at radius 3 is 2.47 bits per heavy atom. The van der Waals surface area contributed by atoms with Gasteiger partial charge in [0.05, 0.1) is 6.42 Å². The fourth-order valence-electron chi connectivity index (χ4n) is 1.08. The van der Waals surface area contributed by atoms with E-state index in [2.05, 4.69) is 4.84 Å². The minimum atomic E-state index is -4.71. The highest BCUT2D eigenvalue weighted by Gasteiger charge is 2.48. The summed E-state index contributed by atoms with van der Waals surface area (Å²) >= 11 is 0. The first-order valence-corrected chi connectivity index (χ1v) is 5.95. The maximum atomic E-state index is 11.4. The average molecular weight is 266 g/mol. The molecule has 10 heteroatoms. The summed E-state index contributed by atoms with van der Waals surface area (Å²) in [5.41, 5.74) is 5.13. The van der Waals surface area contributed by atoms with Crippen LogP contribution in [0.5, 0.6) is 0 Å². The lowest BCUT2D eigenvalue weighted by Gasteiger charge is -2.14. The Hall–Kier alpha value is -1.52. The van der Waals surface area contributed by atoms with Crippen LogP contribution in [-0.2, 0) is 29.3 Å². The van der Waals surface area contributed by atoms with E-state index in [1.54, 1.807) is 0 Å². The van der Waals surface area contributed by atoms with E-state index in [4.69, 9.17) is 10.3 Å². The molecule has 0 radical (unpaired) electrons. The number of nitrogens with two attached hydrogens (primary N) is 1. The third kappa shape index (κ3) is 2.78. The molecule has 0 aromatic heterocycles. The summed E-state index contributed by atoms with van der Waals surface area (Å²) in [6.07, 6.45) is -0.774. The van der Waals surface area contributed by atoms with Gasteiger partial charge in [0.1, 0.15) is 6.04 Å². The van der Waals surface area contributed by atoms with Gasteiger partial charge in [-0.1, -0.05) is 0 Å². The smallest absolute Gasteiger partial charge is 0.329 e. The van der Waals surface area contributed by atoms with Crippen molar-refractivity contribution < 1.29 is 32.2 Å². The maximum absolute atomic E-state index is 11.4. The molecule has 1 heterocycles. The largest absolute Gasteiger partial charge is 0.349 e. The summed E-state index contributed by atoms with van der Waals surface area (Å²) in [6.45, 7) is 1.26. The molecule has 96 valence electrons. The number of hydrogen-bond donors (Lipinski definition) is 2. The molecule has 1 unspecified atom stereocenters. The molecule has 1 saturated heterocycles. The average Bonchev–Trinajstić information content (AvgIpc) is 2.44. The van der Waals surface area contributed by atoms with Crippen molar-refractivity contribution in [3.63, 3.8) is 0 Å². The number of hydroxylamine groups is 2. The fraction of sp³-hybridized carbons (Fsp3) is 0.571. The molecule has 3 N–H and O–H groups in total. The van der Waals surface area contributed by atoms with Crippen molar-refractivity contribution >= 4 is 27.9 Å². The highest BCUT2D eigenvalue weighted by atomic mass is 32.2. The Morgan fingerprint density at radius 1 is 1.59 bits per heavy atom. The lowest BCUT2D eigenvalue weighted by molar-refractivity contribution is -0.198. The van der Waals surface area contributed by atoms with E-state index in [0.717, 1.165) is 0 Å². The second-order valence-electron chi connectivity index (χ2n) is 3.43. The van der Waals surface area contributed by atoms with E-state index in [-0.39, 0.29) is 5.06 Å². The highest BCUT2D eigenvalue weighted by molar-refractivity contribution is 7.87. The molecule has 0 aromatic carbocycles. The zero-order chi connectivity index (χ0) is 13.4. The maximum Gasteiger partial charge on any atom is 0.349 e. The summed E-state index contributed by atoms with van der Waals surface area (Å²) < 4.78 is 30.2. The first kappa shape index (κ1) is 13.5. The van der Waals surface area contributed by atoms with Crippen LogP contribution in [0.15, 0.2) is 0 Å². The molecule has 0 bridgehead atoms. The molecule has 2 atom stereocenters. The van der Waals surface area contributed by atoms with Crippen LogP contribution in [-0.4, -0.2) is 47.1 Å². The van der Waals surface area contributed by atoms with Gasteiger partial charge in [0, 0.05) is 0 Å². The van der Waals surface area contributed by atoms with Crippen LogP contribution >= 0.6 is 0 Å². The van der Waals surface area contributed by atoms with Crippen LogP contribution in [0.2, 0.25) is 0 Å². The van der Waals surface area contributed by atoms with Crippen LogP contribution in [0.4, 0.5) is 0 Å². The third-order valence-electron chi connectivity index (χ3n) is 1.97. The van der Waals surface area contributed by atoms with Crippen LogP contribution < -0.4 is 5.73 Å². The molecule has 0 aliphatic carbocycles. The molecule has 1 aliphatic heterocycles. The molecular weight excluding hydrogens is 256 g/mol. The molecule has 0 spiro atoms. The Bertz CT molecular complexity index is 469. The molecular formula is C7H10N2O7S. The van der Waals surface area contributed by atoms with Crippen molar-refractivity contribution in [1.82, 2.24) is 5.06 Å². The molecule has 0 saturated carbocycles. The molecule has 9 nitrogen and oxygen atoms in total. The van der Waals surface area contributed by atoms with Gasteiger partial charge in [0.15, 0.2) is 5.25 Å². The second kappa shape index (κ2) is 4.39. The number of amides is 2.